The minimum absolute atomic E-state index is 0.841. The fourth-order valence-corrected chi connectivity index (χ4v) is 2.48. The van der Waals surface area contributed by atoms with Crippen LogP contribution >= 0.6 is 0 Å². The van der Waals surface area contributed by atoms with Crippen molar-refractivity contribution in [2.75, 3.05) is 18.4 Å². The third kappa shape index (κ3) is 4.02. The van der Waals surface area contributed by atoms with Crippen LogP contribution in [0.15, 0.2) is 18.2 Å². The molecule has 0 aliphatic carbocycles. The summed E-state index contributed by atoms with van der Waals surface area (Å²) in [6.07, 6.45) is 5.17. The Bertz CT molecular complexity index is 371. The molecule has 2 nitrogen and oxygen atoms in total. The van der Waals surface area contributed by atoms with Crippen molar-refractivity contribution in [1.82, 2.24) is 5.32 Å². The van der Waals surface area contributed by atoms with Crippen molar-refractivity contribution in [3.05, 3.63) is 29.3 Å². The van der Waals surface area contributed by atoms with E-state index in [4.69, 9.17) is 0 Å². The van der Waals surface area contributed by atoms with Crippen LogP contribution in [0.4, 0.5) is 5.69 Å². The van der Waals surface area contributed by atoms with Crippen molar-refractivity contribution in [1.29, 1.82) is 0 Å². The number of fused-ring (bicyclic) bond motifs is 1. The van der Waals surface area contributed by atoms with E-state index in [0.717, 1.165) is 25.6 Å². The maximum absolute atomic E-state index is 3.54. The predicted octanol–water partition coefficient (Wildman–Crippen LogP) is 3.57. The lowest BCUT2D eigenvalue weighted by Gasteiger charge is -2.08. The maximum Gasteiger partial charge on any atom is 0.0376 e. The van der Waals surface area contributed by atoms with Crippen molar-refractivity contribution in [2.45, 2.75) is 46.1 Å². The van der Waals surface area contributed by atoms with E-state index < -0.39 is 0 Å². The Morgan fingerprint density at radius 2 is 2.17 bits per heavy atom. The van der Waals surface area contributed by atoms with Crippen LogP contribution < -0.4 is 10.6 Å². The molecule has 0 atom stereocenters. The monoisotopic (exact) mass is 246 g/mol. The van der Waals surface area contributed by atoms with E-state index in [9.17, 15) is 0 Å². The Morgan fingerprint density at radius 3 is 3.00 bits per heavy atom. The molecule has 2 heteroatoms. The van der Waals surface area contributed by atoms with Gasteiger partial charge in [-0.3, -0.25) is 0 Å². The van der Waals surface area contributed by atoms with Gasteiger partial charge in [0.15, 0.2) is 0 Å². The van der Waals surface area contributed by atoms with Crippen LogP contribution in [-0.4, -0.2) is 13.1 Å². The fraction of sp³-hybridized carbons (Fsp3) is 0.625. The molecule has 0 bridgehead atoms. The predicted molar refractivity (Wildman–Crippen MR) is 79.0 cm³/mol. The summed E-state index contributed by atoms with van der Waals surface area (Å²) in [5, 5.41) is 6.97. The van der Waals surface area contributed by atoms with Gasteiger partial charge in [0, 0.05) is 18.8 Å². The van der Waals surface area contributed by atoms with Gasteiger partial charge in [-0.15, -0.1) is 0 Å². The molecule has 2 rings (SSSR count). The van der Waals surface area contributed by atoms with E-state index in [-0.39, 0.29) is 0 Å². The van der Waals surface area contributed by atoms with Gasteiger partial charge >= 0.3 is 0 Å². The highest BCUT2D eigenvalue weighted by atomic mass is 14.9. The smallest absolute Gasteiger partial charge is 0.0376 e. The molecular weight excluding hydrogens is 220 g/mol. The molecule has 0 unspecified atom stereocenters. The van der Waals surface area contributed by atoms with Gasteiger partial charge in [0.25, 0.3) is 0 Å². The zero-order chi connectivity index (χ0) is 12.8. The molecule has 1 aromatic rings. The van der Waals surface area contributed by atoms with Gasteiger partial charge in [0.2, 0.25) is 0 Å². The molecule has 1 heterocycles. The lowest BCUT2D eigenvalue weighted by molar-refractivity contribution is 0.520. The van der Waals surface area contributed by atoms with Gasteiger partial charge in [-0.05, 0) is 42.5 Å². The van der Waals surface area contributed by atoms with Crippen LogP contribution in [0.25, 0.3) is 0 Å². The second kappa shape index (κ2) is 6.79. The van der Waals surface area contributed by atoms with E-state index in [0.29, 0.717) is 0 Å². The molecule has 1 aliphatic rings. The molecule has 0 fully saturated rings. The number of rotatable bonds is 7. The highest BCUT2D eigenvalue weighted by molar-refractivity contribution is 5.56. The van der Waals surface area contributed by atoms with Crippen LogP contribution in [0.5, 0.6) is 0 Å². The molecule has 0 radical (unpaired) electrons. The van der Waals surface area contributed by atoms with Gasteiger partial charge in [-0.2, -0.15) is 0 Å². The van der Waals surface area contributed by atoms with Crippen molar-refractivity contribution >= 4 is 5.69 Å². The molecular formula is C16H26N2. The minimum Gasteiger partial charge on any atom is -0.384 e. The van der Waals surface area contributed by atoms with Crippen LogP contribution in [0.1, 0.15) is 44.2 Å². The summed E-state index contributed by atoms with van der Waals surface area (Å²) in [4.78, 5) is 0. The van der Waals surface area contributed by atoms with Crippen molar-refractivity contribution in [2.24, 2.45) is 5.92 Å². The third-order valence-corrected chi connectivity index (χ3v) is 3.60. The van der Waals surface area contributed by atoms with E-state index in [2.05, 4.69) is 42.7 Å². The first-order valence-corrected chi connectivity index (χ1v) is 7.32. The average molecular weight is 246 g/mol. The zero-order valence-corrected chi connectivity index (χ0v) is 11.8. The second-order valence-corrected chi connectivity index (χ2v) is 5.73. The zero-order valence-electron chi connectivity index (χ0n) is 11.8. The molecule has 1 aliphatic heterocycles. The fourth-order valence-electron chi connectivity index (χ4n) is 2.48. The van der Waals surface area contributed by atoms with Crippen molar-refractivity contribution in [3.8, 4) is 0 Å². The highest BCUT2D eigenvalue weighted by Gasteiger charge is 2.09. The van der Waals surface area contributed by atoms with Gasteiger partial charge in [0.05, 0.1) is 0 Å². The summed E-state index contributed by atoms with van der Waals surface area (Å²) in [6.45, 7) is 7.82. The molecule has 100 valence electrons. The summed E-state index contributed by atoms with van der Waals surface area (Å²) in [7, 11) is 0. The third-order valence-electron chi connectivity index (χ3n) is 3.60. The lowest BCUT2D eigenvalue weighted by Crippen LogP contribution is -2.14. The quantitative estimate of drug-likeness (QED) is 0.719. The van der Waals surface area contributed by atoms with Gasteiger partial charge < -0.3 is 10.6 Å². The topological polar surface area (TPSA) is 24.1 Å². The number of nitrogens with one attached hydrogen (secondary N) is 2. The molecule has 0 saturated carbocycles. The van der Waals surface area contributed by atoms with Gasteiger partial charge in [-0.25, -0.2) is 0 Å². The van der Waals surface area contributed by atoms with Gasteiger partial charge in [0.1, 0.15) is 0 Å². The van der Waals surface area contributed by atoms with Crippen molar-refractivity contribution in [3.63, 3.8) is 0 Å². The first-order valence-electron chi connectivity index (χ1n) is 7.32. The first kappa shape index (κ1) is 13.4. The molecule has 2 N–H and O–H groups in total. The maximum atomic E-state index is 3.54. The molecule has 0 saturated heterocycles. The minimum atomic E-state index is 0.841. The SMILES string of the molecule is CC(C)CCCCNCc1ccc2c(c1)NCC2. The number of unbranched alkanes of at least 4 members (excludes halogenated alkanes) is 1. The standard InChI is InChI=1S/C16H26N2/c1-13(2)5-3-4-9-17-12-14-6-7-15-8-10-18-16(15)11-14/h6-7,11,13,17-18H,3-5,8-10,12H2,1-2H3. The summed E-state index contributed by atoms with van der Waals surface area (Å²) >= 11 is 0. The first-order chi connectivity index (χ1) is 8.75. The lowest BCUT2D eigenvalue weighted by atomic mass is 10.1. The Morgan fingerprint density at radius 1 is 1.28 bits per heavy atom. The molecule has 0 aromatic heterocycles. The van der Waals surface area contributed by atoms with E-state index in [1.807, 2.05) is 0 Å². The highest BCUT2D eigenvalue weighted by Crippen LogP contribution is 2.23. The van der Waals surface area contributed by atoms with E-state index in [1.165, 1.54) is 42.5 Å². The largest absolute Gasteiger partial charge is 0.384 e. The Kier molecular flexibility index (Phi) is 5.06. The summed E-state index contributed by atoms with van der Waals surface area (Å²) in [5.41, 5.74) is 4.21. The molecule has 0 spiro atoms. The van der Waals surface area contributed by atoms with E-state index in [1.54, 1.807) is 0 Å². The molecule has 0 amide bonds. The Hall–Kier alpha value is -1.02. The Balaban J connectivity index is 1.65. The number of hydrogen-bond donors (Lipinski definition) is 2. The second-order valence-electron chi connectivity index (χ2n) is 5.73. The van der Waals surface area contributed by atoms with Crippen LogP contribution in [-0.2, 0) is 13.0 Å². The van der Waals surface area contributed by atoms with Crippen LogP contribution in [0, 0.1) is 5.92 Å². The summed E-state index contributed by atoms with van der Waals surface area (Å²) in [5.74, 6) is 0.841. The summed E-state index contributed by atoms with van der Waals surface area (Å²) in [6, 6.07) is 6.82. The van der Waals surface area contributed by atoms with Crippen LogP contribution in [0.3, 0.4) is 0 Å². The number of benzene rings is 1. The van der Waals surface area contributed by atoms with Crippen LogP contribution in [0.2, 0.25) is 0 Å². The number of hydrogen-bond acceptors (Lipinski definition) is 2. The van der Waals surface area contributed by atoms with Crippen molar-refractivity contribution < 1.29 is 0 Å². The number of anilines is 1. The molecule has 1 aromatic carbocycles. The van der Waals surface area contributed by atoms with Gasteiger partial charge in [-0.1, -0.05) is 38.8 Å². The normalized spacial score (nSPS) is 13.7. The molecule has 18 heavy (non-hydrogen) atoms. The van der Waals surface area contributed by atoms with E-state index >= 15 is 0 Å². The summed E-state index contributed by atoms with van der Waals surface area (Å²) < 4.78 is 0. The average Bonchev–Trinajstić information content (AvgIpc) is 2.80. The Labute approximate surface area is 111 Å².